The van der Waals surface area contributed by atoms with E-state index in [-0.39, 0.29) is 11.8 Å². The zero-order valence-electron chi connectivity index (χ0n) is 12.1. The van der Waals surface area contributed by atoms with Crippen LogP contribution in [0.3, 0.4) is 0 Å². The summed E-state index contributed by atoms with van der Waals surface area (Å²) in [5.41, 5.74) is 1.55. The largest absolute Gasteiger partial charge is 0.434 e. The molecule has 0 unspecified atom stereocenters. The van der Waals surface area contributed by atoms with Crippen molar-refractivity contribution in [3.8, 4) is 0 Å². The van der Waals surface area contributed by atoms with Gasteiger partial charge in [0.15, 0.2) is 0 Å². The molecule has 1 aliphatic heterocycles. The van der Waals surface area contributed by atoms with Crippen LogP contribution in [0.2, 0.25) is 5.02 Å². The molecule has 0 radical (unpaired) electrons. The summed E-state index contributed by atoms with van der Waals surface area (Å²) in [6.07, 6.45) is 1.42. The Balaban J connectivity index is 1.68. The number of amides is 1. The van der Waals surface area contributed by atoms with Crippen LogP contribution in [0.1, 0.15) is 40.6 Å². The Morgan fingerprint density at radius 3 is 2.73 bits per heavy atom. The Labute approximate surface area is 132 Å². The number of hydrogen-bond acceptors (Lipinski definition) is 4. The third-order valence-electron chi connectivity index (χ3n) is 3.94. The molecule has 0 saturated carbocycles. The van der Waals surface area contributed by atoms with Gasteiger partial charge in [-0.3, -0.25) is 4.79 Å². The molecule has 1 aromatic carbocycles. The van der Waals surface area contributed by atoms with Gasteiger partial charge in [0.1, 0.15) is 0 Å². The first kappa shape index (κ1) is 14.8. The van der Waals surface area contributed by atoms with Gasteiger partial charge in [-0.25, -0.2) is 9.89 Å². The number of carbonyl (C=O) groups excluding carboxylic acids is 1. The van der Waals surface area contributed by atoms with Crippen LogP contribution in [0.25, 0.3) is 0 Å². The van der Waals surface area contributed by atoms with Crippen molar-refractivity contribution in [2.45, 2.75) is 25.7 Å². The van der Waals surface area contributed by atoms with Crippen LogP contribution in [0.4, 0.5) is 0 Å². The zero-order chi connectivity index (χ0) is 15.7. The SMILES string of the molecule is Cc1ccc(C(=O)N2CCC(c3n[nH]c(=O)o3)CC2)c(Cl)c1. The van der Waals surface area contributed by atoms with E-state index in [4.69, 9.17) is 16.0 Å². The number of hydrogen-bond donors (Lipinski definition) is 1. The van der Waals surface area contributed by atoms with E-state index < -0.39 is 5.76 Å². The topological polar surface area (TPSA) is 79.2 Å². The maximum absolute atomic E-state index is 12.5. The fraction of sp³-hybridized carbons (Fsp3) is 0.400. The maximum Gasteiger partial charge on any atom is 0.434 e. The van der Waals surface area contributed by atoms with E-state index in [1.807, 2.05) is 13.0 Å². The van der Waals surface area contributed by atoms with E-state index in [1.165, 1.54) is 0 Å². The van der Waals surface area contributed by atoms with Crippen LogP contribution in [0, 0.1) is 6.92 Å². The van der Waals surface area contributed by atoms with Crippen LogP contribution >= 0.6 is 11.6 Å². The fourth-order valence-electron chi connectivity index (χ4n) is 2.71. The lowest BCUT2D eigenvalue weighted by Crippen LogP contribution is -2.38. The number of nitrogens with one attached hydrogen (secondary N) is 1. The van der Waals surface area contributed by atoms with E-state index in [9.17, 15) is 9.59 Å². The highest BCUT2D eigenvalue weighted by Crippen LogP contribution is 2.27. The summed E-state index contributed by atoms with van der Waals surface area (Å²) in [5.74, 6) is -0.117. The lowest BCUT2D eigenvalue weighted by atomic mass is 9.96. The molecule has 2 heterocycles. The molecule has 116 valence electrons. The van der Waals surface area contributed by atoms with Crippen LogP contribution < -0.4 is 5.76 Å². The average molecular weight is 322 g/mol. The summed E-state index contributed by atoms with van der Waals surface area (Å²) >= 11 is 6.16. The molecule has 3 rings (SSSR count). The smallest absolute Gasteiger partial charge is 0.392 e. The quantitative estimate of drug-likeness (QED) is 0.920. The van der Waals surface area contributed by atoms with E-state index >= 15 is 0 Å². The van der Waals surface area contributed by atoms with Crippen LogP contribution in [-0.4, -0.2) is 34.1 Å². The second kappa shape index (κ2) is 5.96. The maximum atomic E-state index is 12.5. The monoisotopic (exact) mass is 321 g/mol. The number of likely N-dealkylation sites (tertiary alicyclic amines) is 1. The average Bonchev–Trinajstić information content (AvgIpc) is 2.93. The van der Waals surface area contributed by atoms with Crippen LogP contribution in [-0.2, 0) is 0 Å². The van der Waals surface area contributed by atoms with Crippen molar-refractivity contribution in [3.05, 3.63) is 50.8 Å². The van der Waals surface area contributed by atoms with Crippen molar-refractivity contribution in [2.24, 2.45) is 0 Å². The number of aromatic nitrogens is 2. The molecule has 0 bridgehead atoms. The molecular formula is C15H16ClN3O3. The number of aromatic amines is 1. The Morgan fingerprint density at radius 2 is 2.14 bits per heavy atom. The zero-order valence-corrected chi connectivity index (χ0v) is 12.9. The van der Waals surface area contributed by atoms with Gasteiger partial charge in [-0.05, 0) is 37.5 Å². The minimum Gasteiger partial charge on any atom is -0.392 e. The third kappa shape index (κ3) is 2.92. The van der Waals surface area contributed by atoms with E-state index in [1.54, 1.807) is 17.0 Å². The summed E-state index contributed by atoms with van der Waals surface area (Å²) in [7, 11) is 0. The second-order valence-corrected chi connectivity index (χ2v) is 5.91. The molecule has 0 aliphatic carbocycles. The molecule has 0 atom stereocenters. The number of H-pyrrole nitrogens is 1. The summed E-state index contributed by atoms with van der Waals surface area (Å²) < 4.78 is 4.99. The summed E-state index contributed by atoms with van der Waals surface area (Å²) in [6, 6.07) is 5.43. The Bertz CT molecular complexity index is 744. The van der Waals surface area contributed by atoms with Crippen molar-refractivity contribution in [2.75, 3.05) is 13.1 Å². The highest BCUT2D eigenvalue weighted by molar-refractivity contribution is 6.33. The number of halogens is 1. The molecule has 22 heavy (non-hydrogen) atoms. The third-order valence-corrected chi connectivity index (χ3v) is 4.25. The minimum atomic E-state index is -0.542. The fourth-order valence-corrected chi connectivity index (χ4v) is 3.03. The van der Waals surface area contributed by atoms with Gasteiger partial charge in [-0.1, -0.05) is 17.7 Å². The number of benzene rings is 1. The summed E-state index contributed by atoms with van der Waals surface area (Å²) in [5, 5.41) is 6.61. The van der Waals surface area contributed by atoms with Crippen molar-refractivity contribution < 1.29 is 9.21 Å². The normalized spacial score (nSPS) is 16.0. The number of rotatable bonds is 2. The summed E-state index contributed by atoms with van der Waals surface area (Å²) in [4.78, 5) is 25.3. The van der Waals surface area contributed by atoms with Gasteiger partial charge in [0.2, 0.25) is 5.89 Å². The first-order valence-electron chi connectivity index (χ1n) is 7.15. The van der Waals surface area contributed by atoms with E-state index in [0.29, 0.717) is 42.4 Å². The molecule has 6 nitrogen and oxygen atoms in total. The minimum absolute atomic E-state index is 0.0630. The van der Waals surface area contributed by atoms with Gasteiger partial charge in [0.25, 0.3) is 5.91 Å². The van der Waals surface area contributed by atoms with E-state index in [0.717, 1.165) is 5.56 Å². The second-order valence-electron chi connectivity index (χ2n) is 5.50. The van der Waals surface area contributed by atoms with Crippen molar-refractivity contribution in [1.82, 2.24) is 15.1 Å². The molecule has 7 heteroatoms. The van der Waals surface area contributed by atoms with Gasteiger partial charge in [0.05, 0.1) is 10.6 Å². The molecule has 1 aliphatic rings. The first-order chi connectivity index (χ1) is 10.5. The van der Waals surface area contributed by atoms with Gasteiger partial charge in [-0.2, -0.15) is 0 Å². The van der Waals surface area contributed by atoms with Crippen molar-refractivity contribution in [3.63, 3.8) is 0 Å². The predicted octanol–water partition coefficient (Wildman–Crippen LogP) is 2.34. The molecule has 0 spiro atoms. The first-order valence-corrected chi connectivity index (χ1v) is 7.53. The van der Waals surface area contributed by atoms with Gasteiger partial charge in [-0.15, -0.1) is 5.10 Å². The molecule has 1 saturated heterocycles. The molecule has 1 fully saturated rings. The number of nitrogens with zero attached hydrogens (tertiary/aromatic N) is 2. The molecular weight excluding hydrogens is 306 g/mol. The number of carbonyl (C=O) groups is 1. The molecule has 2 aromatic rings. The van der Waals surface area contributed by atoms with E-state index in [2.05, 4.69) is 10.2 Å². The Hall–Kier alpha value is -2.08. The molecule has 1 N–H and O–H groups in total. The van der Waals surface area contributed by atoms with Crippen LogP contribution in [0.15, 0.2) is 27.4 Å². The standard InChI is InChI=1S/C15H16ClN3O3/c1-9-2-3-11(12(16)8-9)14(20)19-6-4-10(5-7-19)13-17-18-15(21)22-13/h2-3,8,10H,4-7H2,1H3,(H,18,21). The Kier molecular flexibility index (Phi) is 4.02. The molecule has 1 amide bonds. The number of piperidine rings is 1. The van der Waals surface area contributed by atoms with Crippen LogP contribution in [0.5, 0.6) is 0 Å². The Morgan fingerprint density at radius 1 is 1.41 bits per heavy atom. The predicted molar refractivity (Wildman–Crippen MR) is 81.2 cm³/mol. The summed E-state index contributed by atoms with van der Waals surface area (Å²) in [6.45, 7) is 3.11. The van der Waals surface area contributed by atoms with Crippen molar-refractivity contribution in [1.29, 1.82) is 0 Å². The highest BCUT2D eigenvalue weighted by Gasteiger charge is 2.28. The highest BCUT2D eigenvalue weighted by atomic mass is 35.5. The van der Waals surface area contributed by atoms with Gasteiger partial charge < -0.3 is 9.32 Å². The lowest BCUT2D eigenvalue weighted by Gasteiger charge is -2.30. The van der Waals surface area contributed by atoms with Gasteiger partial charge in [0, 0.05) is 19.0 Å². The van der Waals surface area contributed by atoms with Crippen molar-refractivity contribution >= 4 is 17.5 Å². The van der Waals surface area contributed by atoms with Gasteiger partial charge >= 0.3 is 5.76 Å². The number of aryl methyl sites for hydroxylation is 1. The lowest BCUT2D eigenvalue weighted by molar-refractivity contribution is 0.0706. The molecule has 1 aromatic heterocycles.